The van der Waals surface area contributed by atoms with Gasteiger partial charge in [-0.3, -0.25) is 0 Å². The molecule has 0 spiro atoms. The van der Waals surface area contributed by atoms with Crippen LogP contribution in [0, 0.1) is 0 Å². The summed E-state index contributed by atoms with van der Waals surface area (Å²) in [6.45, 7) is 0. The van der Waals surface area contributed by atoms with Gasteiger partial charge < -0.3 is 4.74 Å². The number of rotatable bonds is 6. The molecule has 0 saturated heterocycles. The minimum Gasteiger partial charge on any atom is -0.457 e. The molecule has 5 aromatic carbocycles. The Morgan fingerprint density at radius 2 is 0.750 bits per heavy atom. The Morgan fingerprint density at radius 3 is 1.22 bits per heavy atom. The van der Waals surface area contributed by atoms with Gasteiger partial charge >= 0.3 is 0 Å². The van der Waals surface area contributed by atoms with Gasteiger partial charge in [0.2, 0.25) is 0 Å². The van der Waals surface area contributed by atoms with Crippen LogP contribution < -0.4 is 25.5 Å². The number of ether oxygens (including phenoxy) is 1. The number of hydrogen-bond acceptors (Lipinski definition) is 1. The second kappa shape index (κ2) is 9.09. The third-order valence-corrected chi connectivity index (χ3v) is 10.7. The van der Waals surface area contributed by atoms with Crippen molar-refractivity contribution in [3.63, 3.8) is 0 Å². The van der Waals surface area contributed by atoms with Gasteiger partial charge in [-0.2, -0.15) is 0 Å². The lowest BCUT2D eigenvalue weighted by Gasteiger charge is -2.35. The summed E-state index contributed by atoms with van der Waals surface area (Å²) in [6.07, 6.45) is 0. The summed E-state index contributed by atoms with van der Waals surface area (Å²) in [7, 11) is -2.62. The van der Waals surface area contributed by atoms with Gasteiger partial charge in [-0.25, -0.2) is 0 Å². The van der Waals surface area contributed by atoms with E-state index in [1.54, 1.807) is 0 Å². The molecule has 2 heteroatoms. The zero-order valence-corrected chi connectivity index (χ0v) is 18.8. The van der Waals surface area contributed by atoms with Crippen LogP contribution >= 0.6 is 0 Å². The molecule has 0 aliphatic rings. The van der Waals surface area contributed by atoms with Crippen molar-refractivity contribution in [3.05, 3.63) is 146 Å². The lowest BCUT2D eigenvalue weighted by molar-refractivity contribution is 0.486. The Labute approximate surface area is 190 Å². The maximum atomic E-state index is 6.51. The van der Waals surface area contributed by atoms with Gasteiger partial charge in [-0.15, -0.1) is 0 Å². The molecule has 154 valence electrons. The Kier molecular flexibility index (Phi) is 5.69. The molecular weight excluding hydrogens is 404 g/mol. The second-order valence-corrected chi connectivity index (χ2v) is 11.5. The first-order chi connectivity index (χ1) is 15.9. The van der Waals surface area contributed by atoms with E-state index in [0.717, 1.165) is 11.5 Å². The third-order valence-electron chi connectivity index (χ3n) is 5.88. The average Bonchev–Trinajstić information content (AvgIpc) is 2.88. The predicted molar refractivity (Wildman–Crippen MR) is 137 cm³/mol. The molecule has 0 aliphatic heterocycles. The van der Waals surface area contributed by atoms with Gasteiger partial charge in [0.25, 0.3) is 0 Å². The van der Waals surface area contributed by atoms with Crippen molar-refractivity contribution in [3.8, 4) is 11.5 Å². The molecule has 0 radical (unpaired) electrons. The van der Waals surface area contributed by atoms with Crippen molar-refractivity contribution in [1.29, 1.82) is 0 Å². The van der Waals surface area contributed by atoms with Crippen LogP contribution in [0.15, 0.2) is 146 Å². The van der Waals surface area contributed by atoms with E-state index in [4.69, 9.17) is 4.74 Å². The Morgan fingerprint density at radius 1 is 0.375 bits per heavy atom. The van der Waals surface area contributed by atoms with Crippen LogP contribution in [0.4, 0.5) is 0 Å². The van der Waals surface area contributed by atoms with Crippen molar-refractivity contribution in [1.82, 2.24) is 0 Å². The van der Waals surface area contributed by atoms with Gasteiger partial charge in [0.15, 0.2) is 8.07 Å². The van der Waals surface area contributed by atoms with Gasteiger partial charge in [0.05, 0.1) is 0 Å². The summed E-state index contributed by atoms with van der Waals surface area (Å²) in [5, 5.41) is 5.25. The van der Waals surface area contributed by atoms with Crippen molar-refractivity contribution >= 4 is 28.8 Å². The fourth-order valence-electron chi connectivity index (χ4n) is 4.51. The molecule has 5 rings (SSSR count). The highest BCUT2D eigenvalue weighted by Crippen LogP contribution is 2.22. The first kappa shape index (κ1) is 20.0. The highest BCUT2D eigenvalue weighted by Gasteiger charge is 2.43. The summed E-state index contributed by atoms with van der Waals surface area (Å²) in [6, 6.07) is 51.3. The predicted octanol–water partition coefficient (Wildman–Crippen LogP) is 4.86. The smallest absolute Gasteiger partial charge is 0.183 e. The molecule has 0 heterocycles. The first-order valence-corrected chi connectivity index (χ1v) is 12.9. The first-order valence-electron chi connectivity index (χ1n) is 10.9. The molecule has 0 aromatic heterocycles. The average molecular weight is 429 g/mol. The molecule has 0 aliphatic carbocycles. The maximum absolute atomic E-state index is 6.51. The molecule has 0 atom stereocenters. The van der Waals surface area contributed by atoms with Gasteiger partial charge in [-0.1, -0.05) is 127 Å². The van der Waals surface area contributed by atoms with Crippen LogP contribution in [-0.4, -0.2) is 8.07 Å². The largest absolute Gasteiger partial charge is 0.457 e. The molecule has 32 heavy (non-hydrogen) atoms. The monoisotopic (exact) mass is 428 g/mol. The Bertz CT molecular complexity index is 1170. The van der Waals surface area contributed by atoms with E-state index in [-0.39, 0.29) is 0 Å². The van der Waals surface area contributed by atoms with E-state index in [1.165, 1.54) is 20.7 Å². The van der Waals surface area contributed by atoms with E-state index in [2.05, 4.69) is 115 Å². The number of benzene rings is 5. The van der Waals surface area contributed by atoms with E-state index in [0.29, 0.717) is 0 Å². The van der Waals surface area contributed by atoms with Crippen molar-refractivity contribution in [2.24, 2.45) is 0 Å². The second-order valence-electron chi connectivity index (χ2n) is 7.76. The SMILES string of the molecule is c1ccc(Oc2ccccc2[Si](c2ccccc2)(c2ccccc2)c2ccccc2)cc1. The van der Waals surface area contributed by atoms with Crippen LogP contribution in [0.2, 0.25) is 0 Å². The lowest BCUT2D eigenvalue weighted by Crippen LogP contribution is -2.74. The van der Waals surface area contributed by atoms with Crippen molar-refractivity contribution in [2.45, 2.75) is 0 Å². The minimum atomic E-state index is -2.62. The zero-order valence-electron chi connectivity index (χ0n) is 17.8. The summed E-state index contributed by atoms with van der Waals surface area (Å²) >= 11 is 0. The molecule has 0 N–H and O–H groups in total. The lowest BCUT2D eigenvalue weighted by atomic mass is 10.3. The standard InChI is InChI=1S/C30H24OSi/c1-5-15-25(16-6-1)31-29-23-13-14-24-30(29)32(26-17-7-2-8-18-26,27-19-9-3-10-20-27)28-21-11-4-12-22-28/h1-24H. The molecule has 1 nitrogen and oxygen atoms in total. The Balaban J connectivity index is 1.84. The van der Waals surface area contributed by atoms with E-state index >= 15 is 0 Å². The van der Waals surface area contributed by atoms with E-state index < -0.39 is 8.07 Å². The molecule has 0 fully saturated rings. The van der Waals surface area contributed by atoms with E-state index in [9.17, 15) is 0 Å². The number of hydrogen-bond donors (Lipinski definition) is 0. The van der Waals surface area contributed by atoms with Crippen LogP contribution in [0.5, 0.6) is 11.5 Å². The summed E-state index contributed by atoms with van der Waals surface area (Å²) in [5.41, 5.74) is 0. The van der Waals surface area contributed by atoms with Crippen molar-refractivity contribution < 1.29 is 4.74 Å². The fourth-order valence-corrected chi connectivity index (χ4v) is 9.37. The third kappa shape index (κ3) is 3.66. The van der Waals surface area contributed by atoms with Gasteiger partial charge in [0, 0.05) is 0 Å². The quantitative estimate of drug-likeness (QED) is 0.277. The Hall–Kier alpha value is -3.88. The molecule has 0 unspecified atom stereocenters. The normalized spacial score (nSPS) is 11.1. The zero-order chi connectivity index (χ0) is 21.6. The molecular formula is C30H24OSi. The topological polar surface area (TPSA) is 9.23 Å². The van der Waals surface area contributed by atoms with E-state index in [1.807, 2.05) is 30.3 Å². The van der Waals surface area contributed by atoms with Gasteiger partial charge in [0.1, 0.15) is 11.5 Å². The minimum absolute atomic E-state index is 0.844. The molecule has 0 saturated carbocycles. The molecule has 0 bridgehead atoms. The summed E-state index contributed by atoms with van der Waals surface area (Å²) in [5.74, 6) is 1.75. The van der Waals surface area contributed by atoms with Crippen LogP contribution in [-0.2, 0) is 0 Å². The highest BCUT2D eigenvalue weighted by atomic mass is 28.3. The van der Waals surface area contributed by atoms with Crippen molar-refractivity contribution in [2.75, 3.05) is 0 Å². The van der Waals surface area contributed by atoms with Crippen LogP contribution in [0.1, 0.15) is 0 Å². The maximum Gasteiger partial charge on any atom is 0.183 e. The fraction of sp³-hybridized carbons (Fsp3) is 0. The molecule has 0 amide bonds. The highest BCUT2D eigenvalue weighted by molar-refractivity contribution is 7.20. The number of para-hydroxylation sites is 2. The van der Waals surface area contributed by atoms with Crippen LogP contribution in [0.25, 0.3) is 0 Å². The summed E-state index contributed by atoms with van der Waals surface area (Å²) < 4.78 is 6.51. The van der Waals surface area contributed by atoms with Gasteiger partial charge in [-0.05, 0) is 38.9 Å². The summed E-state index contributed by atoms with van der Waals surface area (Å²) in [4.78, 5) is 0. The van der Waals surface area contributed by atoms with Crippen LogP contribution in [0.3, 0.4) is 0 Å². The molecule has 5 aromatic rings.